The molecule has 0 aliphatic heterocycles. The van der Waals surface area contributed by atoms with Crippen LogP contribution in [0.5, 0.6) is 5.75 Å². The summed E-state index contributed by atoms with van der Waals surface area (Å²) in [6, 6.07) is 18.4. The van der Waals surface area contributed by atoms with Crippen molar-refractivity contribution in [2.75, 3.05) is 12.4 Å². The third kappa shape index (κ3) is 5.46. The van der Waals surface area contributed by atoms with Gasteiger partial charge in [0.05, 0.1) is 27.4 Å². The summed E-state index contributed by atoms with van der Waals surface area (Å²) in [7, 11) is 1.58. The number of benzene rings is 3. The molecule has 5 rings (SSSR count). The van der Waals surface area contributed by atoms with Crippen LogP contribution in [0.4, 0.5) is 19.3 Å². The number of methoxy groups -OCH3 is 1. The van der Waals surface area contributed by atoms with E-state index in [0.29, 0.717) is 20.7 Å². The van der Waals surface area contributed by atoms with E-state index < -0.39 is 23.8 Å². The maximum atomic E-state index is 14.1. The fourth-order valence-corrected chi connectivity index (χ4v) is 6.05. The predicted molar refractivity (Wildman–Crippen MR) is 153 cm³/mol. The lowest BCUT2D eigenvalue weighted by atomic mass is 9.90. The molecule has 206 valence electrons. The fourth-order valence-electron chi connectivity index (χ4n) is 4.87. The lowest BCUT2D eigenvalue weighted by Gasteiger charge is -2.16. The number of Topliss-reactive ketones (excluding diaryl/α,β-unsaturated/α-hetero) is 1. The quantitative estimate of drug-likeness (QED) is 0.225. The van der Waals surface area contributed by atoms with Crippen molar-refractivity contribution in [1.29, 1.82) is 0 Å². The first-order valence-corrected chi connectivity index (χ1v) is 13.8. The fraction of sp³-hybridized carbons (Fsp3) is 0.226. The van der Waals surface area contributed by atoms with Crippen molar-refractivity contribution in [1.82, 2.24) is 0 Å². The van der Waals surface area contributed by atoms with E-state index >= 15 is 0 Å². The van der Waals surface area contributed by atoms with Gasteiger partial charge >= 0.3 is 6.09 Å². The van der Waals surface area contributed by atoms with Crippen LogP contribution in [0.3, 0.4) is 0 Å². The normalized spacial score (nSPS) is 14.3. The lowest BCUT2D eigenvalue weighted by molar-refractivity contribution is -0.119. The SMILES string of the molecule is COc1cc(-c2sc(Cl)cc2NC(=O)O[C@H](C)c2ccc(F)cc2F)ccc1-c1ccc(C2(C(C)=O)CC2)cc1. The van der Waals surface area contributed by atoms with Crippen molar-refractivity contribution in [3.63, 3.8) is 0 Å². The molecule has 1 aliphatic carbocycles. The Morgan fingerprint density at radius 1 is 1.00 bits per heavy atom. The van der Waals surface area contributed by atoms with Gasteiger partial charge in [-0.25, -0.2) is 13.6 Å². The van der Waals surface area contributed by atoms with Gasteiger partial charge in [0.2, 0.25) is 0 Å². The van der Waals surface area contributed by atoms with Crippen molar-refractivity contribution in [3.05, 3.63) is 93.8 Å². The number of carbonyl (C=O) groups is 2. The monoisotopic (exact) mass is 581 g/mol. The zero-order valence-corrected chi connectivity index (χ0v) is 23.6. The second-order valence-electron chi connectivity index (χ2n) is 9.76. The van der Waals surface area contributed by atoms with Gasteiger partial charge in [-0.1, -0.05) is 48.0 Å². The molecular weight excluding hydrogens is 556 g/mol. The van der Waals surface area contributed by atoms with Gasteiger partial charge in [-0.05, 0) is 67.6 Å². The third-order valence-electron chi connectivity index (χ3n) is 7.26. The van der Waals surface area contributed by atoms with Crippen molar-refractivity contribution >= 4 is 40.5 Å². The molecule has 1 fully saturated rings. The molecule has 0 radical (unpaired) electrons. The Labute approximate surface area is 239 Å². The highest BCUT2D eigenvalue weighted by Gasteiger charge is 2.48. The summed E-state index contributed by atoms with van der Waals surface area (Å²) < 4.78 is 38.8. The first kappa shape index (κ1) is 27.8. The Hall–Kier alpha value is -3.75. The van der Waals surface area contributed by atoms with E-state index in [9.17, 15) is 18.4 Å². The van der Waals surface area contributed by atoms with E-state index in [-0.39, 0.29) is 16.8 Å². The summed E-state index contributed by atoms with van der Waals surface area (Å²) in [4.78, 5) is 25.4. The number of carbonyl (C=O) groups excluding carboxylic acids is 2. The topological polar surface area (TPSA) is 64.6 Å². The highest BCUT2D eigenvalue weighted by molar-refractivity contribution is 7.20. The number of anilines is 1. The van der Waals surface area contributed by atoms with E-state index in [2.05, 4.69) is 5.32 Å². The van der Waals surface area contributed by atoms with Crippen LogP contribution in [0.15, 0.2) is 66.7 Å². The Morgan fingerprint density at radius 3 is 2.33 bits per heavy atom. The third-order valence-corrected chi connectivity index (χ3v) is 8.57. The van der Waals surface area contributed by atoms with Gasteiger partial charge in [0, 0.05) is 17.2 Å². The molecule has 1 N–H and O–H groups in total. The van der Waals surface area contributed by atoms with E-state index in [1.54, 1.807) is 20.1 Å². The van der Waals surface area contributed by atoms with Crippen LogP contribution in [0.2, 0.25) is 4.34 Å². The van der Waals surface area contributed by atoms with Crippen LogP contribution in [-0.4, -0.2) is 19.0 Å². The maximum absolute atomic E-state index is 14.1. The van der Waals surface area contributed by atoms with Gasteiger partial charge in [0.25, 0.3) is 0 Å². The zero-order valence-electron chi connectivity index (χ0n) is 22.0. The van der Waals surface area contributed by atoms with Gasteiger partial charge < -0.3 is 9.47 Å². The first-order valence-electron chi connectivity index (χ1n) is 12.6. The lowest BCUT2D eigenvalue weighted by Crippen LogP contribution is -2.16. The standard InChI is InChI=1S/C31H26ClF2NO4S/c1-17(23-11-9-22(33)15-25(23)34)39-30(37)35-26-16-28(32)40-29(26)20-6-10-24(27(14-20)38-3)19-4-7-21(8-5-19)31(12-13-31)18(2)36/h4-11,14-17H,12-13H2,1-3H3,(H,35,37)/t17-/m1/s1. The van der Waals surface area contributed by atoms with Crippen LogP contribution >= 0.6 is 22.9 Å². The number of hydrogen-bond acceptors (Lipinski definition) is 5. The number of thiophene rings is 1. The molecule has 1 saturated carbocycles. The molecule has 40 heavy (non-hydrogen) atoms. The molecule has 0 spiro atoms. The Kier molecular flexibility index (Phi) is 7.66. The summed E-state index contributed by atoms with van der Waals surface area (Å²) in [5, 5.41) is 2.68. The summed E-state index contributed by atoms with van der Waals surface area (Å²) >= 11 is 7.57. The first-order chi connectivity index (χ1) is 19.1. The molecule has 1 aromatic heterocycles. The Balaban J connectivity index is 1.36. The van der Waals surface area contributed by atoms with E-state index in [1.807, 2.05) is 42.5 Å². The zero-order chi connectivity index (χ0) is 28.6. The molecule has 1 heterocycles. The molecule has 3 aromatic carbocycles. The maximum Gasteiger partial charge on any atom is 0.412 e. The van der Waals surface area contributed by atoms with Crippen LogP contribution in [0.25, 0.3) is 21.6 Å². The predicted octanol–water partition coefficient (Wildman–Crippen LogP) is 8.95. The van der Waals surface area contributed by atoms with Crippen LogP contribution in [0.1, 0.15) is 43.9 Å². The summed E-state index contributed by atoms with van der Waals surface area (Å²) in [5.74, 6) is -0.695. The Bertz CT molecular complexity index is 1600. The number of ketones is 1. The number of ether oxygens (including phenoxy) is 2. The van der Waals surface area contributed by atoms with Gasteiger partial charge in [-0.2, -0.15) is 0 Å². The van der Waals surface area contributed by atoms with Crippen molar-refractivity contribution in [2.45, 2.75) is 38.2 Å². The molecule has 5 nitrogen and oxygen atoms in total. The minimum Gasteiger partial charge on any atom is -0.496 e. The Morgan fingerprint density at radius 2 is 1.70 bits per heavy atom. The number of nitrogens with one attached hydrogen (secondary N) is 1. The highest BCUT2D eigenvalue weighted by atomic mass is 35.5. The van der Waals surface area contributed by atoms with Gasteiger partial charge in [-0.3, -0.25) is 10.1 Å². The van der Waals surface area contributed by atoms with E-state index in [4.69, 9.17) is 21.1 Å². The van der Waals surface area contributed by atoms with Gasteiger partial charge in [0.1, 0.15) is 29.3 Å². The van der Waals surface area contributed by atoms with E-state index in [0.717, 1.165) is 47.2 Å². The van der Waals surface area contributed by atoms with Gasteiger partial charge in [-0.15, -0.1) is 11.3 Å². The van der Waals surface area contributed by atoms with Crippen LogP contribution < -0.4 is 10.1 Å². The molecule has 4 aromatic rings. The number of hydrogen-bond donors (Lipinski definition) is 1. The molecule has 9 heteroatoms. The van der Waals surface area contributed by atoms with Crippen molar-refractivity contribution in [3.8, 4) is 27.3 Å². The summed E-state index contributed by atoms with van der Waals surface area (Å²) in [6.07, 6.45) is 0.00751. The molecule has 0 bridgehead atoms. The van der Waals surface area contributed by atoms with Gasteiger partial charge in [0.15, 0.2) is 0 Å². The molecule has 0 saturated heterocycles. The van der Waals surface area contributed by atoms with Crippen LogP contribution in [0, 0.1) is 11.6 Å². The number of amides is 1. The molecule has 1 amide bonds. The molecule has 1 atom stereocenters. The molecule has 1 aliphatic rings. The summed E-state index contributed by atoms with van der Waals surface area (Å²) in [5.41, 5.74) is 3.76. The van der Waals surface area contributed by atoms with Crippen molar-refractivity contribution < 1.29 is 27.8 Å². The second-order valence-corrected chi connectivity index (χ2v) is 11.4. The van der Waals surface area contributed by atoms with Crippen molar-refractivity contribution in [2.24, 2.45) is 0 Å². The highest BCUT2D eigenvalue weighted by Crippen LogP contribution is 2.49. The largest absolute Gasteiger partial charge is 0.496 e. The molecule has 0 unspecified atom stereocenters. The average molecular weight is 582 g/mol. The van der Waals surface area contributed by atoms with E-state index in [1.165, 1.54) is 24.3 Å². The van der Waals surface area contributed by atoms with Crippen LogP contribution in [-0.2, 0) is 14.9 Å². The second kappa shape index (κ2) is 11.0. The summed E-state index contributed by atoms with van der Waals surface area (Å²) in [6.45, 7) is 3.15. The average Bonchev–Trinajstić information content (AvgIpc) is 3.66. The molecular formula is C31H26ClF2NO4S. The minimum atomic E-state index is -0.950. The minimum absolute atomic E-state index is 0.0575. The smallest absolute Gasteiger partial charge is 0.412 e. The number of halogens is 3. The number of rotatable bonds is 8.